The normalized spacial score (nSPS) is 10.6. The quantitative estimate of drug-likeness (QED) is 0.510. The zero-order valence-corrected chi connectivity index (χ0v) is 13.9. The Kier molecular flexibility index (Phi) is 4.58. The number of anilines is 1. The molecule has 0 aliphatic heterocycles. The summed E-state index contributed by atoms with van der Waals surface area (Å²) in [7, 11) is 1.53. The van der Waals surface area contributed by atoms with Crippen molar-refractivity contribution in [1.29, 1.82) is 0 Å². The average Bonchev–Trinajstić information content (AvgIpc) is 2.97. The Morgan fingerprint density at radius 3 is 2.83 bits per heavy atom. The van der Waals surface area contributed by atoms with Gasteiger partial charge in [-0.2, -0.15) is 0 Å². The zero-order valence-electron chi connectivity index (χ0n) is 13.1. The Hall–Kier alpha value is -2.72. The Morgan fingerprint density at radius 1 is 1.33 bits per heavy atom. The van der Waals surface area contributed by atoms with E-state index in [9.17, 15) is 4.79 Å². The van der Waals surface area contributed by atoms with Gasteiger partial charge in [-0.05, 0) is 30.3 Å². The number of hydrogen-bond acceptors (Lipinski definition) is 4. The number of methoxy groups -OCH3 is 1. The second kappa shape index (κ2) is 6.81. The standard InChI is InChI=1S/C19H16ClNO3/c1-3-10-21-17-13-6-4-5-7-15(13)24-19(17)18(22)12-8-9-16(23-2)14(20)11-12/h3-9,11,21H,1,10H2,2H3. The number of benzene rings is 2. The lowest BCUT2D eigenvalue weighted by atomic mass is 10.1. The van der Waals surface area contributed by atoms with E-state index in [2.05, 4.69) is 11.9 Å². The highest BCUT2D eigenvalue weighted by Crippen LogP contribution is 2.33. The SMILES string of the molecule is C=CCNc1c(C(=O)c2ccc(OC)c(Cl)c2)oc2ccccc12. The van der Waals surface area contributed by atoms with Crippen molar-refractivity contribution in [2.24, 2.45) is 0 Å². The highest BCUT2D eigenvalue weighted by atomic mass is 35.5. The number of rotatable bonds is 6. The van der Waals surface area contributed by atoms with E-state index in [0.717, 1.165) is 5.39 Å². The lowest BCUT2D eigenvalue weighted by molar-refractivity contribution is 0.101. The Bertz CT molecular complexity index is 914. The molecule has 2 aromatic carbocycles. The molecule has 0 radical (unpaired) electrons. The predicted molar refractivity (Wildman–Crippen MR) is 96.3 cm³/mol. The van der Waals surface area contributed by atoms with Crippen molar-refractivity contribution in [3.63, 3.8) is 0 Å². The molecule has 3 aromatic rings. The molecule has 0 fully saturated rings. The number of nitrogens with one attached hydrogen (secondary N) is 1. The molecule has 0 unspecified atom stereocenters. The van der Waals surface area contributed by atoms with Gasteiger partial charge < -0.3 is 14.5 Å². The van der Waals surface area contributed by atoms with Crippen LogP contribution in [0.3, 0.4) is 0 Å². The fourth-order valence-electron chi connectivity index (χ4n) is 2.49. The van der Waals surface area contributed by atoms with Crippen molar-refractivity contribution in [2.75, 3.05) is 19.0 Å². The monoisotopic (exact) mass is 341 g/mol. The van der Waals surface area contributed by atoms with E-state index in [1.54, 1.807) is 24.3 Å². The first-order valence-corrected chi connectivity index (χ1v) is 7.78. The number of ketones is 1. The molecule has 24 heavy (non-hydrogen) atoms. The Balaban J connectivity index is 2.08. The van der Waals surface area contributed by atoms with Gasteiger partial charge in [0, 0.05) is 17.5 Å². The molecule has 1 heterocycles. The van der Waals surface area contributed by atoms with Gasteiger partial charge in [0.1, 0.15) is 11.3 Å². The van der Waals surface area contributed by atoms with Gasteiger partial charge in [0.25, 0.3) is 0 Å². The molecular weight excluding hydrogens is 326 g/mol. The van der Waals surface area contributed by atoms with E-state index in [0.29, 0.717) is 34.2 Å². The van der Waals surface area contributed by atoms with Gasteiger partial charge in [-0.25, -0.2) is 0 Å². The third-order valence-corrected chi connectivity index (χ3v) is 3.93. The van der Waals surface area contributed by atoms with E-state index < -0.39 is 0 Å². The third-order valence-electron chi connectivity index (χ3n) is 3.64. The van der Waals surface area contributed by atoms with Crippen molar-refractivity contribution in [2.45, 2.75) is 0 Å². The van der Waals surface area contributed by atoms with Gasteiger partial charge in [-0.15, -0.1) is 6.58 Å². The molecule has 0 amide bonds. The average molecular weight is 342 g/mol. The van der Waals surface area contributed by atoms with Crippen molar-refractivity contribution >= 4 is 34.0 Å². The molecule has 4 nitrogen and oxygen atoms in total. The lowest BCUT2D eigenvalue weighted by Crippen LogP contribution is -2.06. The molecule has 1 N–H and O–H groups in total. The van der Waals surface area contributed by atoms with Crippen LogP contribution in [0.25, 0.3) is 11.0 Å². The summed E-state index contributed by atoms with van der Waals surface area (Å²) < 4.78 is 10.9. The highest BCUT2D eigenvalue weighted by molar-refractivity contribution is 6.32. The highest BCUT2D eigenvalue weighted by Gasteiger charge is 2.22. The maximum absolute atomic E-state index is 12.9. The van der Waals surface area contributed by atoms with Crippen LogP contribution in [0.1, 0.15) is 16.1 Å². The number of carbonyl (C=O) groups is 1. The number of carbonyl (C=O) groups excluding carboxylic acids is 1. The van der Waals surface area contributed by atoms with Crippen LogP contribution in [0, 0.1) is 0 Å². The summed E-state index contributed by atoms with van der Waals surface area (Å²) in [5, 5.41) is 4.41. The van der Waals surface area contributed by atoms with Crippen LogP contribution in [0.2, 0.25) is 5.02 Å². The topological polar surface area (TPSA) is 51.5 Å². The van der Waals surface area contributed by atoms with E-state index >= 15 is 0 Å². The van der Waals surface area contributed by atoms with Crippen LogP contribution in [0.4, 0.5) is 5.69 Å². The summed E-state index contributed by atoms with van der Waals surface area (Å²) in [5.74, 6) is 0.518. The van der Waals surface area contributed by atoms with Crippen LogP contribution in [0.5, 0.6) is 5.75 Å². The Labute approximate surface area is 144 Å². The molecule has 0 saturated heterocycles. The second-order valence-corrected chi connectivity index (χ2v) is 5.56. The third kappa shape index (κ3) is 2.88. The number of furan rings is 1. The van der Waals surface area contributed by atoms with E-state index in [-0.39, 0.29) is 11.5 Å². The lowest BCUT2D eigenvalue weighted by Gasteiger charge is -2.06. The van der Waals surface area contributed by atoms with E-state index in [1.807, 2.05) is 24.3 Å². The van der Waals surface area contributed by atoms with Crippen LogP contribution in [-0.2, 0) is 0 Å². The fourth-order valence-corrected chi connectivity index (χ4v) is 2.75. The maximum Gasteiger partial charge on any atom is 0.230 e. The van der Waals surface area contributed by atoms with Crippen LogP contribution in [0.15, 0.2) is 59.5 Å². The molecular formula is C19H16ClNO3. The second-order valence-electron chi connectivity index (χ2n) is 5.15. The summed E-state index contributed by atoms with van der Waals surface area (Å²) in [6.07, 6.45) is 1.72. The molecule has 1 aromatic heterocycles. The number of fused-ring (bicyclic) bond motifs is 1. The number of para-hydroxylation sites is 1. The molecule has 3 rings (SSSR count). The van der Waals surface area contributed by atoms with Gasteiger partial charge >= 0.3 is 0 Å². The van der Waals surface area contributed by atoms with Gasteiger partial charge in [0.15, 0.2) is 5.76 Å². The first kappa shape index (κ1) is 16.1. The molecule has 0 aliphatic rings. The van der Waals surface area contributed by atoms with Gasteiger partial charge in [0.2, 0.25) is 5.78 Å². The molecule has 0 spiro atoms. The number of halogens is 1. The van der Waals surface area contributed by atoms with Crippen molar-refractivity contribution < 1.29 is 13.9 Å². The molecule has 0 aliphatic carbocycles. The van der Waals surface area contributed by atoms with E-state index in [4.69, 9.17) is 20.8 Å². The minimum Gasteiger partial charge on any atom is -0.495 e. The van der Waals surface area contributed by atoms with Crippen LogP contribution >= 0.6 is 11.6 Å². The molecule has 0 bridgehead atoms. The largest absolute Gasteiger partial charge is 0.495 e. The summed E-state index contributed by atoms with van der Waals surface area (Å²) in [4.78, 5) is 12.9. The summed E-state index contributed by atoms with van der Waals surface area (Å²) in [6.45, 7) is 4.22. The molecule has 0 saturated carbocycles. The summed E-state index contributed by atoms with van der Waals surface area (Å²) in [5.41, 5.74) is 1.73. The van der Waals surface area contributed by atoms with E-state index in [1.165, 1.54) is 7.11 Å². The minimum absolute atomic E-state index is 0.248. The molecule has 122 valence electrons. The minimum atomic E-state index is -0.248. The number of hydrogen-bond donors (Lipinski definition) is 1. The maximum atomic E-state index is 12.9. The molecule has 5 heteroatoms. The van der Waals surface area contributed by atoms with Crippen molar-refractivity contribution in [1.82, 2.24) is 0 Å². The van der Waals surface area contributed by atoms with Crippen molar-refractivity contribution in [3.05, 3.63) is 71.5 Å². The van der Waals surface area contributed by atoms with Crippen LogP contribution < -0.4 is 10.1 Å². The smallest absolute Gasteiger partial charge is 0.230 e. The summed E-state index contributed by atoms with van der Waals surface area (Å²) in [6, 6.07) is 12.4. The molecule has 0 atom stereocenters. The Morgan fingerprint density at radius 2 is 2.12 bits per heavy atom. The van der Waals surface area contributed by atoms with Gasteiger partial charge in [-0.3, -0.25) is 4.79 Å². The predicted octanol–water partition coefficient (Wildman–Crippen LogP) is 4.92. The number of ether oxygens (including phenoxy) is 1. The van der Waals surface area contributed by atoms with Gasteiger partial charge in [-0.1, -0.05) is 29.8 Å². The first-order chi connectivity index (χ1) is 11.7. The fraction of sp³-hybridized carbons (Fsp3) is 0.105. The first-order valence-electron chi connectivity index (χ1n) is 7.40. The van der Waals surface area contributed by atoms with Gasteiger partial charge in [0.05, 0.1) is 17.8 Å². The van der Waals surface area contributed by atoms with Crippen LogP contribution in [-0.4, -0.2) is 19.4 Å². The zero-order chi connectivity index (χ0) is 17.1. The summed E-state index contributed by atoms with van der Waals surface area (Å²) >= 11 is 6.13. The van der Waals surface area contributed by atoms with Crippen molar-refractivity contribution in [3.8, 4) is 5.75 Å².